The van der Waals surface area contributed by atoms with Crippen LogP contribution in [-0.4, -0.2) is 17.6 Å². The van der Waals surface area contributed by atoms with Gasteiger partial charge in [-0.2, -0.15) is 0 Å². The molecular formula is C15H20N2OS. The summed E-state index contributed by atoms with van der Waals surface area (Å²) in [6, 6.07) is 6.14. The van der Waals surface area contributed by atoms with E-state index in [1.807, 2.05) is 12.1 Å². The van der Waals surface area contributed by atoms with Crippen molar-refractivity contribution in [3.05, 3.63) is 29.1 Å². The van der Waals surface area contributed by atoms with E-state index in [0.717, 1.165) is 22.1 Å². The number of hydrogen-bond donors (Lipinski definition) is 1. The monoisotopic (exact) mass is 276 g/mol. The standard InChI is InChI=1S/C15H20N2OS/c1-10-6-7-13(18-5)11(8-10)12-9-19-14(16-12)17-15(2,3)4/h6-9H,1-5H3,(H,16,17). The molecule has 0 aliphatic heterocycles. The topological polar surface area (TPSA) is 34.1 Å². The van der Waals surface area contributed by atoms with Crippen LogP contribution in [0.25, 0.3) is 11.3 Å². The molecule has 0 fully saturated rings. The van der Waals surface area contributed by atoms with Gasteiger partial charge in [0.25, 0.3) is 0 Å². The van der Waals surface area contributed by atoms with E-state index in [9.17, 15) is 0 Å². The van der Waals surface area contributed by atoms with E-state index in [4.69, 9.17) is 4.74 Å². The molecule has 3 nitrogen and oxygen atoms in total. The minimum Gasteiger partial charge on any atom is -0.496 e. The van der Waals surface area contributed by atoms with Crippen molar-refractivity contribution in [1.82, 2.24) is 4.98 Å². The number of nitrogens with one attached hydrogen (secondary N) is 1. The van der Waals surface area contributed by atoms with Gasteiger partial charge in [0.05, 0.1) is 12.8 Å². The molecule has 0 aliphatic rings. The molecule has 1 N–H and O–H groups in total. The first-order valence-electron chi connectivity index (χ1n) is 6.28. The van der Waals surface area contributed by atoms with Crippen LogP contribution in [0.2, 0.25) is 0 Å². The van der Waals surface area contributed by atoms with Crippen LogP contribution in [0.1, 0.15) is 26.3 Å². The smallest absolute Gasteiger partial charge is 0.183 e. The lowest BCUT2D eigenvalue weighted by atomic mass is 10.1. The third-order valence-electron chi connectivity index (χ3n) is 2.62. The highest BCUT2D eigenvalue weighted by Gasteiger charge is 2.14. The summed E-state index contributed by atoms with van der Waals surface area (Å²) in [6.45, 7) is 8.45. The molecule has 0 radical (unpaired) electrons. The van der Waals surface area contributed by atoms with Gasteiger partial charge in [0, 0.05) is 16.5 Å². The molecule has 0 amide bonds. The first kappa shape index (κ1) is 13.9. The Labute approximate surface area is 118 Å². The minimum absolute atomic E-state index is 0.0197. The summed E-state index contributed by atoms with van der Waals surface area (Å²) < 4.78 is 5.41. The zero-order valence-corrected chi connectivity index (χ0v) is 12.9. The number of methoxy groups -OCH3 is 1. The number of nitrogens with zero attached hydrogens (tertiary/aromatic N) is 1. The Morgan fingerprint density at radius 1 is 1.26 bits per heavy atom. The largest absolute Gasteiger partial charge is 0.496 e. The van der Waals surface area contributed by atoms with E-state index in [2.05, 4.69) is 49.4 Å². The quantitative estimate of drug-likeness (QED) is 0.905. The molecule has 2 rings (SSSR count). The summed E-state index contributed by atoms with van der Waals surface area (Å²) in [7, 11) is 1.69. The molecule has 102 valence electrons. The lowest BCUT2D eigenvalue weighted by Crippen LogP contribution is -2.25. The van der Waals surface area contributed by atoms with Gasteiger partial charge in [-0.25, -0.2) is 4.98 Å². The Morgan fingerprint density at radius 3 is 2.63 bits per heavy atom. The summed E-state index contributed by atoms with van der Waals surface area (Å²) in [5.74, 6) is 0.859. The van der Waals surface area contributed by atoms with Gasteiger partial charge < -0.3 is 10.1 Å². The highest BCUT2D eigenvalue weighted by molar-refractivity contribution is 7.14. The summed E-state index contributed by atoms with van der Waals surface area (Å²) in [6.07, 6.45) is 0. The molecule has 0 saturated heterocycles. The molecule has 1 heterocycles. The fraction of sp³-hybridized carbons (Fsp3) is 0.400. The van der Waals surface area contributed by atoms with E-state index in [-0.39, 0.29) is 5.54 Å². The molecular weight excluding hydrogens is 256 g/mol. The molecule has 4 heteroatoms. The van der Waals surface area contributed by atoms with Crippen molar-refractivity contribution >= 4 is 16.5 Å². The number of anilines is 1. The average molecular weight is 276 g/mol. The maximum Gasteiger partial charge on any atom is 0.183 e. The van der Waals surface area contributed by atoms with Crippen molar-refractivity contribution in [2.75, 3.05) is 12.4 Å². The van der Waals surface area contributed by atoms with Crippen LogP contribution in [-0.2, 0) is 0 Å². The van der Waals surface area contributed by atoms with Gasteiger partial charge in [0.15, 0.2) is 5.13 Å². The zero-order valence-electron chi connectivity index (χ0n) is 12.1. The van der Waals surface area contributed by atoms with Gasteiger partial charge in [-0.15, -0.1) is 11.3 Å². The maximum absolute atomic E-state index is 5.41. The Balaban J connectivity index is 2.35. The van der Waals surface area contributed by atoms with Crippen LogP contribution in [0.4, 0.5) is 5.13 Å². The fourth-order valence-corrected chi connectivity index (χ4v) is 2.72. The van der Waals surface area contributed by atoms with Gasteiger partial charge in [0.2, 0.25) is 0 Å². The minimum atomic E-state index is 0.0197. The van der Waals surface area contributed by atoms with Gasteiger partial charge in [-0.1, -0.05) is 11.6 Å². The number of aryl methyl sites for hydroxylation is 1. The molecule has 0 spiro atoms. The van der Waals surface area contributed by atoms with E-state index in [1.54, 1.807) is 18.4 Å². The van der Waals surface area contributed by atoms with E-state index < -0.39 is 0 Å². The Morgan fingerprint density at radius 2 is 2.00 bits per heavy atom. The lowest BCUT2D eigenvalue weighted by molar-refractivity contribution is 0.416. The fourth-order valence-electron chi connectivity index (χ4n) is 1.80. The van der Waals surface area contributed by atoms with E-state index in [1.165, 1.54) is 5.56 Å². The van der Waals surface area contributed by atoms with Crippen molar-refractivity contribution in [3.8, 4) is 17.0 Å². The predicted octanol–water partition coefficient (Wildman–Crippen LogP) is 4.34. The van der Waals surface area contributed by atoms with Gasteiger partial charge in [0.1, 0.15) is 5.75 Å². The maximum atomic E-state index is 5.41. The lowest BCUT2D eigenvalue weighted by Gasteiger charge is -2.19. The molecule has 1 aromatic carbocycles. The summed E-state index contributed by atoms with van der Waals surface area (Å²) >= 11 is 1.62. The molecule has 1 aromatic heterocycles. The van der Waals surface area contributed by atoms with Crippen LogP contribution in [0.5, 0.6) is 5.75 Å². The van der Waals surface area contributed by atoms with Crippen molar-refractivity contribution in [2.45, 2.75) is 33.2 Å². The van der Waals surface area contributed by atoms with Gasteiger partial charge in [-0.05, 0) is 39.8 Å². The molecule has 2 aromatic rings. The van der Waals surface area contributed by atoms with Gasteiger partial charge >= 0.3 is 0 Å². The van der Waals surface area contributed by atoms with Crippen LogP contribution in [0, 0.1) is 6.92 Å². The number of ether oxygens (including phenoxy) is 1. The number of hydrogen-bond acceptors (Lipinski definition) is 4. The van der Waals surface area contributed by atoms with Crippen LogP contribution >= 0.6 is 11.3 Å². The summed E-state index contributed by atoms with van der Waals surface area (Å²) in [5.41, 5.74) is 3.22. The number of thiazole rings is 1. The zero-order chi connectivity index (χ0) is 14.0. The Bertz CT molecular complexity index is 570. The number of rotatable bonds is 3. The molecule has 0 bridgehead atoms. The first-order chi connectivity index (χ1) is 8.89. The average Bonchev–Trinajstić information content (AvgIpc) is 2.75. The third-order valence-corrected chi connectivity index (χ3v) is 3.37. The second kappa shape index (κ2) is 5.21. The molecule has 0 atom stereocenters. The second-order valence-corrected chi connectivity index (χ2v) is 6.47. The van der Waals surface area contributed by atoms with Crippen LogP contribution < -0.4 is 10.1 Å². The normalized spacial score (nSPS) is 11.4. The Kier molecular flexibility index (Phi) is 3.80. The molecule has 19 heavy (non-hydrogen) atoms. The number of aromatic nitrogens is 1. The number of benzene rings is 1. The van der Waals surface area contributed by atoms with Crippen LogP contribution in [0.15, 0.2) is 23.6 Å². The predicted molar refractivity (Wildman–Crippen MR) is 82.2 cm³/mol. The van der Waals surface area contributed by atoms with Gasteiger partial charge in [-0.3, -0.25) is 0 Å². The van der Waals surface area contributed by atoms with Crippen LogP contribution in [0.3, 0.4) is 0 Å². The van der Waals surface area contributed by atoms with Crippen molar-refractivity contribution in [1.29, 1.82) is 0 Å². The second-order valence-electron chi connectivity index (χ2n) is 5.62. The summed E-state index contributed by atoms with van der Waals surface area (Å²) in [4.78, 5) is 4.64. The highest BCUT2D eigenvalue weighted by Crippen LogP contribution is 2.33. The van der Waals surface area contributed by atoms with E-state index in [0.29, 0.717) is 0 Å². The molecule has 0 saturated carbocycles. The first-order valence-corrected chi connectivity index (χ1v) is 7.16. The third kappa shape index (κ3) is 3.47. The summed E-state index contributed by atoms with van der Waals surface area (Å²) in [5, 5.41) is 6.39. The molecule has 0 unspecified atom stereocenters. The van der Waals surface area contributed by atoms with Crippen molar-refractivity contribution in [3.63, 3.8) is 0 Å². The highest BCUT2D eigenvalue weighted by atomic mass is 32.1. The van der Waals surface area contributed by atoms with Crippen molar-refractivity contribution in [2.24, 2.45) is 0 Å². The SMILES string of the molecule is COc1ccc(C)cc1-c1csc(NC(C)(C)C)n1. The Hall–Kier alpha value is -1.55. The molecule has 0 aliphatic carbocycles. The van der Waals surface area contributed by atoms with Crippen molar-refractivity contribution < 1.29 is 4.74 Å². The van der Waals surface area contributed by atoms with E-state index >= 15 is 0 Å².